The van der Waals surface area contributed by atoms with E-state index in [2.05, 4.69) is 86.8 Å². The van der Waals surface area contributed by atoms with E-state index in [1.165, 1.54) is 51.4 Å². The highest BCUT2D eigenvalue weighted by atomic mass is 31.2. The average Bonchev–Trinajstić information content (AvgIpc) is 3.20. The van der Waals surface area contributed by atoms with Crippen molar-refractivity contribution in [2.45, 2.75) is 187 Å². The minimum absolute atomic E-state index is 0.0357. The summed E-state index contributed by atoms with van der Waals surface area (Å²) in [6.07, 6.45) is 51.4. The first-order valence-electron chi connectivity index (χ1n) is 22.4. The van der Waals surface area contributed by atoms with E-state index in [1.807, 2.05) is 0 Å². The fourth-order valence-electron chi connectivity index (χ4n) is 5.72. The Bertz CT molecular complexity index is 1110. The number of aliphatic hydroxyl groups excluding tert-OH is 2. The van der Waals surface area contributed by atoms with E-state index in [-0.39, 0.29) is 19.6 Å². The van der Waals surface area contributed by atoms with Crippen molar-refractivity contribution in [2.75, 3.05) is 33.0 Å². The zero-order valence-electron chi connectivity index (χ0n) is 36.0. The molecule has 0 heterocycles. The van der Waals surface area contributed by atoms with Gasteiger partial charge in [-0.2, -0.15) is 0 Å². The predicted octanol–water partition coefficient (Wildman–Crippen LogP) is 12.5. The van der Waals surface area contributed by atoms with E-state index < -0.39 is 39.2 Å². The monoisotopic (exact) mass is 823 g/mol. The highest BCUT2D eigenvalue weighted by Gasteiger charge is 2.26. The number of aliphatic hydroxyl groups is 2. The number of esters is 1. The number of carbonyl (C=O) groups is 1. The highest BCUT2D eigenvalue weighted by molar-refractivity contribution is 7.47. The molecule has 0 bridgehead atoms. The van der Waals surface area contributed by atoms with Gasteiger partial charge in [0.2, 0.25) is 0 Å². The molecule has 0 saturated carbocycles. The number of phosphoric acid groups is 1. The lowest BCUT2D eigenvalue weighted by Crippen LogP contribution is -2.29. The molecule has 330 valence electrons. The van der Waals surface area contributed by atoms with Gasteiger partial charge in [-0.15, -0.1) is 0 Å². The number of unbranched alkanes of at least 4 members (excludes halogenated alkanes) is 16. The molecule has 0 amide bonds. The number of ether oxygens (including phenoxy) is 2. The summed E-state index contributed by atoms with van der Waals surface area (Å²) in [5.74, 6) is -0.402. The molecular weight excluding hydrogens is 739 g/mol. The third kappa shape index (κ3) is 43.3. The molecule has 0 saturated heterocycles. The first-order chi connectivity index (χ1) is 27.8. The van der Waals surface area contributed by atoms with Crippen LogP contribution in [0.25, 0.3) is 0 Å². The van der Waals surface area contributed by atoms with Gasteiger partial charge in [-0.05, 0) is 77.0 Å². The van der Waals surface area contributed by atoms with Crippen molar-refractivity contribution < 1.29 is 43.0 Å². The highest BCUT2D eigenvalue weighted by Crippen LogP contribution is 2.43. The molecule has 10 heteroatoms. The molecule has 3 atom stereocenters. The van der Waals surface area contributed by atoms with Crippen molar-refractivity contribution in [3.05, 3.63) is 72.9 Å². The number of allylic oxidation sites excluding steroid dienone is 12. The maximum Gasteiger partial charge on any atom is 0.472 e. The molecule has 0 aromatic heterocycles. The number of hydrogen-bond donors (Lipinski definition) is 3. The summed E-state index contributed by atoms with van der Waals surface area (Å²) in [7, 11) is -4.53. The molecule has 3 N–H and O–H groups in total. The molecule has 0 rings (SSSR count). The van der Waals surface area contributed by atoms with Crippen LogP contribution < -0.4 is 0 Å². The second-order valence-electron chi connectivity index (χ2n) is 14.7. The van der Waals surface area contributed by atoms with Crippen molar-refractivity contribution in [2.24, 2.45) is 0 Å². The van der Waals surface area contributed by atoms with Crippen LogP contribution in [0.15, 0.2) is 72.9 Å². The predicted molar refractivity (Wildman–Crippen MR) is 237 cm³/mol. The summed E-state index contributed by atoms with van der Waals surface area (Å²) < 4.78 is 33.4. The molecular formula is C47H83O9P. The van der Waals surface area contributed by atoms with Crippen LogP contribution in [0.1, 0.15) is 174 Å². The molecule has 0 spiro atoms. The van der Waals surface area contributed by atoms with E-state index in [4.69, 9.17) is 23.6 Å². The molecule has 0 aromatic carbocycles. The Morgan fingerprint density at radius 1 is 0.561 bits per heavy atom. The van der Waals surface area contributed by atoms with Crippen LogP contribution in [-0.2, 0) is 27.9 Å². The van der Waals surface area contributed by atoms with Gasteiger partial charge < -0.3 is 24.6 Å². The minimum atomic E-state index is -4.53. The Labute approximate surface area is 348 Å². The van der Waals surface area contributed by atoms with Crippen molar-refractivity contribution >= 4 is 13.8 Å². The topological polar surface area (TPSA) is 132 Å². The average molecular weight is 823 g/mol. The zero-order chi connectivity index (χ0) is 41.8. The van der Waals surface area contributed by atoms with Crippen molar-refractivity contribution in [3.63, 3.8) is 0 Å². The molecule has 57 heavy (non-hydrogen) atoms. The summed E-state index contributed by atoms with van der Waals surface area (Å²) in [5.41, 5.74) is 0. The van der Waals surface area contributed by atoms with Crippen LogP contribution in [0.2, 0.25) is 0 Å². The maximum absolute atomic E-state index is 12.6. The Kier molecular flexibility index (Phi) is 41.9. The van der Waals surface area contributed by atoms with Crippen molar-refractivity contribution in [3.8, 4) is 0 Å². The molecule has 0 radical (unpaired) electrons. The molecule has 0 fully saturated rings. The minimum Gasteiger partial charge on any atom is -0.457 e. The summed E-state index contributed by atoms with van der Waals surface area (Å²) in [6.45, 7) is 3.32. The first-order valence-corrected chi connectivity index (χ1v) is 23.9. The largest absolute Gasteiger partial charge is 0.472 e. The summed E-state index contributed by atoms with van der Waals surface area (Å²) in [5, 5.41) is 18.4. The quantitative estimate of drug-likeness (QED) is 0.0238. The second kappa shape index (κ2) is 43.5. The van der Waals surface area contributed by atoms with Crippen LogP contribution >= 0.6 is 7.82 Å². The van der Waals surface area contributed by atoms with Crippen LogP contribution in [0.5, 0.6) is 0 Å². The van der Waals surface area contributed by atoms with Gasteiger partial charge in [-0.1, -0.05) is 164 Å². The summed E-state index contributed by atoms with van der Waals surface area (Å²) in [6, 6.07) is 0. The zero-order valence-corrected chi connectivity index (χ0v) is 36.9. The number of hydrogen-bond acceptors (Lipinski definition) is 8. The lowest BCUT2D eigenvalue weighted by Gasteiger charge is -2.20. The number of carbonyl (C=O) groups excluding carboxylic acids is 1. The van der Waals surface area contributed by atoms with Gasteiger partial charge in [0.05, 0.1) is 26.4 Å². The van der Waals surface area contributed by atoms with Gasteiger partial charge in [-0.25, -0.2) is 4.57 Å². The summed E-state index contributed by atoms with van der Waals surface area (Å²) >= 11 is 0. The molecule has 9 nitrogen and oxygen atoms in total. The molecule has 0 aliphatic carbocycles. The third-order valence-corrected chi connectivity index (χ3v) is 10.1. The number of rotatable bonds is 42. The van der Waals surface area contributed by atoms with Crippen LogP contribution in [0, 0.1) is 0 Å². The van der Waals surface area contributed by atoms with Crippen molar-refractivity contribution in [1.82, 2.24) is 0 Å². The van der Waals surface area contributed by atoms with Gasteiger partial charge in [-0.3, -0.25) is 13.8 Å². The molecule has 0 aliphatic rings. The first kappa shape index (κ1) is 54.9. The van der Waals surface area contributed by atoms with Gasteiger partial charge in [0.25, 0.3) is 0 Å². The Morgan fingerprint density at radius 3 is 1.51 bits per heavy atom. The molecule has 3 unspecified atom stereocenters. The fourth-order valence-corrected chi connectivity index (χ4v) is 6.50. The normalized spacial score (nSPS) is 14.7. The standard InChI is InChI=1S/C47H83O9P/c1-3-5-7-9-11-13-15-17-19-20-21-22-23-24-25-26-28-30-32-34-36-38-40-53-43-46(44-55-57(51,52)54-42-45(49)41-48)56-47(50)39-37-35-33-31-29-27-18-16-14-12-10-8-6-4-2/h5,7,10-13,16-19,21-22,45-46,48-49H,3-4,6,8-9,14-15,20,23-44H2,1-2H3,(H,51,52)/b7-5-,12-10-,13-11-,18-16-,19-17-,22-21-. The van der Waals surface area contributed by atoms with E-state index in [0.29, 0.717) is 13.0 Å². The third-order valence-electron chi connectivity index (χ3n) is 9.13. The van der Waals surface area contributed by atoms with Crippen LogP contribution in [0.4, 0.5) is 0 Å². The van der Waals surface area contributed by atoms with Gasteiger partial charge in [0.15, 0.2) is 0 Å². The Morgan fingerprint density at radius 2 is 1.00 bits per heavy atom. The summed E-state index contributed by atoms with van der Waals surface area (Å²) in [4.78, 5) is 22.6. The molecule has 0 aromatic rings. The molecule has 0 aliphatic heterocycles. The smallest absolute Gasteiger partial charge is 0.457 e. The van der Waals surface area contributed by atoms with Crippen molar-refractivity contribution in [1.29, 1.82) is 0 Å². The second-order valence-corrected chi connectivity index (χ2v) is 16.1. The van der Waals surface area contributed by atoms with Gasteiger partial charge >= 0.3 is 13.8 Å². The lowest BCUT2D eigenvalue weighted by atomic mass is 10.1. The van der Waals surface area contributed by atoms with E-state index >= 15 is 0 Å². The van der Waals surface area contributed by atoms with E-state index in [1.54, 1.807) is 0 Å². The Hall–Kier alpha value is -2.10. The van der Waals surface area contributed by atoms with E-state index in [0.717, 1.165) is 96.3 Å². The maximum atomic E-state index is 12.6. The SMILES string of the molecule is CC/C=C\C/C=C\C/C=C\C/C=C\CCCCCCCCCCCOCC(COP(=O)(O)OCC(O)CO)OC(=O)CCCCCCC/C=C\C/C=C\CCCC. The number of phosphoric ester groups is 1. The van der Waals surface area contributed by atoms with Gasteiger partial charge in [0, 0.05) is 13.0 Å². The van der Waals surface area contributed by atoms with E-state index in [9.17, 15) is 19.4 Å². The fraction of sp³-hybridized carbons (Fsp3) is 0.723. The van der Waals surface area contributed by atoms with Crippen LogP contribution in [-0.4, -0.2) is 66.3 Å². The van der Waals surface area contributed by atoms with Crippen LogP contribution in [0.3, 0.4) is 0 Å². The lowest BCUT2D eigenvalue weighted by molar-refractivity contribution is -0.154. The van der Waals surface area contributed by atoms with Gasteiger partial charge in [0.1, 0.15) is 12.2 Å². The Balaban J connectivity index is 4.16.